The van der Waals surface area contributed by atoms with E-state index in [1.54, 1.807) is 18.4 Å². The average molecular weight is 417 g/mol. The Morgan fingerprint density at radius 1 is 1.14 bits per heavy atom. The fraction of sp³-hybridized carbons (Fsp3) is 0.500. The molecule has 0 radical (unpaired) electrons. The first kappa shape index (κ1) is 21.6. The summed E-state index contributed by atoms with van der Waals surface area (Å²) in [4.78, 5) is 9.72. The van der Waals surface area contributed by atoms with Crippen molar-refractivity contribution in [2.45, 2.75) is 19.9 Å². The third kappa shape index (κ3) is 7.03. The third-order valence-corrected chi connectivity index (χ3v) is 5.94. The highest BCUT2D eigenvalue weighted by molar-refractivity contribution is 7.15. The zero-order chi connectivity index (χ0) is 20.3. The molecular weight excluding hydrogens is 384 g/mol. The van der Waals surface area contributed by atoms with Gasteiger partial charge in [-0.25, -0.2) is 4.99 Å². The standard InChI is InChI=1S/C22H32N4O2S/c1-3-23-22(24-11-4-12-26-13-15-28-16-14-26)25-17-20-9-10-21(29-20)18-5-7-19(27-2)8-6-18/h5-10H,3-4,11-17H2,1-2H3,(H2,23,24,25). The highest BCUT2D eigenvalue weighted by Crippen LogP contribution is 2.29. The molecule has 1 aromatic carbocycles. The van der Waals surface area contributed by atoms with Gasteiger partial charge < -0.3 is 20.1 Å². The summed E-state index contributed by atoms with van der Waals surface area (Å²) in [6, 6.07) is 12.5. The summed E-state index contributed by atoms with van der Waals surface area (Å²) in [6.07, 6.45) is 1.10. The van der Waals surface area contributed by atoms with Gasteiger partial charge in [-0.2, -0.15) is 0 Å². The van der Waals surface area contributed by atoms with Crippen LogP contribution < -0.4 is 15.4 Å². The summed E-state index contributed by atoms with van der Waals surface area (Å²) >= 11 is 1.78. The summed E-state index contributed by atoms with van der Waals surface area (Å²) in [5, 5.41) is 6.79. The van der Waals surface area contributed by atoms with Crippen LogP contribution in [0.3, 0.4) is 0 Å². The lowest BCUT2D eigenvalue weighted by molar-refractivity contribution is 0.0376. The summed E-state index contributed by atoms with van der Waals surface area (Å²) < 4.78 is 10.6. The maximum absolute atomic E-state index is 5.40. The largest absolute Gasteiger partial charge is 0.497 e. The number of thiophene rings is 1. The first-order valence-corrected chi connectivity index (χ1v) is 11.2. The minimum absolute atomic E-state index is 0.680. The lowest BCUT2D eigenvalue weighted by Gasteiger charge is -2.26. The van der Waals surface area contributed by atoms with Crippen LogP contribution in [-0.2, 0) is 11.3 Å². The second-order valence-electron chi connectivity index (χ2n) is 6.92. The van der Waals surface area contributed by atoms with Crippen LogP contribution in [0, 0.1) is 0 Å². The SMILES string of the molecule is CCNC(=NCc1ccc(-c2ccc(OC)cc2)s1)NCCCN1CCOCC1. The van der Waals surface area contributed by atoms with Crippen molar-refractivity contribution in [1.29, 1.82) is 0 Å². The van der Waals surface area contributed by atoms with Crippen LogP contribution >= 0.6 is 11.3 Å². The Bertz CT molecular complexity index is 754. The molecule has 7 heteroatoms. The van der Waals surface area contributed by atoms with E-state index in [0.29, 0.717) is 6.54 Å². The van der Waals surface area contributed by atoms with Crippen molar-refractivity contribution in [2.24, 2.45) is 4.99 Å². The monoisotopic (exact) mass is 416 g/mol. The highest BCUT2D eigenvalue weighted by Gasteiger charge is 2.09. The number of aliphatic imine (C=N–C) groups is 1. The molecule has 0 saturated carbocycles. The van der Waals surface area contributed by atoms with Crippen molar-refractivity contribution in [1.82, 2.24) is 15.5 Å². The number of guanidine groups is 1. The maximum atomic E-state index is 5.40. The lowest BCUT2D eigenvalue weighted by atomic mass is 10.2. The van der Waals surface area contributed by atoms with Crippen LogP contribution in [0.4, 0.5) is 0 Å². The van der Waals surface area contributed by atoms with Crippen molar-refractivity contribution >= 4 is 17.3 Å². The van der Waals surface area contributed by atoms with Gasteiger partial charge in [0.2, 0.25) is 0 Å². The number of rotatable bonds is 9. The molecule has 0 aliphatic carbocycles. The second kappa shape index (κ2) is 11.8. The highest BCUT2D eigenvalue weighted by atomic mass is 32.1. The van der Waals surface area contributed by atoms with Crippen molar-refractivity contribution in [3.05, 3.63) is 41.3 Å². The quantitative estimate of drug-likeness (QED) is 0.373. The molecule has 1 aromatic heterocycles. The molecule has 0 atom stereocenters. The molecule has 0 bridgehead atoms. The topological polar surface area (TPSA) is 58.1 Å². The molecule has 1 saturated heterocycles. The van der Waals surface area contributed by atoms with Crippen LogP contribution in [0.5, 0.6) is 5.75 Å². The van der Waals surface area contributed by atoms with Crippen LogP contribution in [0.1, 0.15) is 18.2 Å². The number of morpholine rings is 1. The van der Waals surface area contributed by atoms with Crippen LogP contribution in [0.25, 0.3) is 10.4 Å². The molecule has 0 unspecified atom stereocenters. The first-order valence-electron chi connectivity index (χ1n) is 10.3. The molecular formula is C22H32N4O2S. The van der Waals surface area contributed by atoms with Gasteiger partial charge in [0.05, 0.1) is 26.9 Å². The van der Waals surface area contributed by atoms with Gasteiger partial charge >= 0.3 is 0 Å². The van der Waals surface area contributed by atoms with Gasteiger partial charge in [-0.05, 0) is 61.9 Å². The molecule has 2 aromatic rings. The number of methoxy groups -OCH3 is 1. The molecule has 3 rings (SSSR count). The van der Waals surface area contributed by atoms with E-state index in [1.807, 2.05) is 12.1 Å². The van der Waals surface area contributed by atoms with Gasteiger partial charge in [-0.15, -0.1) is 11.3 Å². The van der Waals surface area contributed by atoms with Gasteiger partial charge in [0.15, 0.2) is 5.96 Å². The smallest absolute Gasteiger partial charge is 0.191 e. The minimum atomic E-state index is 0.680. The first-order chi connectivity index (χ1) is 14.3. The summed E-state index contributed by atoms with van der Waals surface area (Å²) in [6.45, 7) is 9.46. The number of benzene rings is 1. The number of hydrogen-bond acceptors (Lipinski definition) is 5. The van der Waals surface area contributed by atoms with E-state index >= 15 is 0 Å². The molecule has 158 valence electrons. The Kier molecular flexibility index (Phi) is 8.80. The number of hydrogen-bond donors (Lipinski definition) is 2. The molecule has 2 heterocycles. The Morgan fingerprint density at radius 3 is 2.66 bits per heavy atom. The average Bonchev–Trinajstić information content (AvgIpc) is 3.25. The van der Waals surface area contributed by atoms with E-state index < -0.39 is 0 Å². The summed E-state index contributed by atoms with van der Waals surface area (Å²) in [5.41, 5.74) is 1.21. The molecule has 1 fully saturated rings. The molecule has 6 nitrogen and oxygen atoms in total. The predicted octanol–water partition coefficient (Wildman–Crippen LogP) is 3.20. The van der Waals surface area contributed by atoms with E-state index in [1.165, 1.54) is 15.3 Å². The Balaban J connectivity index is 1.48. The molecule has 0 amide bonds. The number of ether oxygens (including phenoxy) is 2. The van der Waals surface area contributed by atoms with Crippen LogP contribution in [-0.4, -0.2) is 63.9 Å². The third-order valence-electron chi connectivity index (χ3n) is 4.82. The Labute approximate surface area is 177 Å². The normalized spacial score (nSPS) is 15.3. The van der Waals surface area contributed by atoms with Gasteiger partial charge in [-0.1, -0.05) is 0 Å². The molecule has 1 aliphatic rings. The fourth-order valence-corrected chi connectivity index (χ4v) is 4.14. The zero-order valence-electron chi connectivity index (χ0n) is 17.4. The van der Waals surface area contributed by atoms with Crippen molar-refractivity contribution in [3.63, 3.8) is 0 Å². The molecule has 1 aliphatic heterocycles. The van der Waals surface area contributed by atoms with E-state index in [2.05, 4.69) is 46.7 Å². The number of nitrogens with zero attached hydrogens (tertiary/aromatic N) is 2. The Hall–Kier alpha value is -2.09. The maximum Gasteiger partial charge on any atom is 0.191 e. The summed E-state index contributed by atoms with van der Waals surface area (Å²) in [5.74, 6) is 1.76. The van der Waals surface area contributed by atoms with Gasteiger partial charge in [0, 0.05) is 35.9 Å². The molecule has 2 N–H and O–H groups in total. The van der Waals surface area contributed by atoms with Crippen molar-refractivity contribution < 1.29 is 9.47 Å². The van der Waals surface area contributed by atoms with Crippen molar-refractivity contribution in [3.8, 4) is 16.2 Å². The van der Waals surface area contributed by atoms with Crippen molar-refractivity contribution in [2.75, 3.05) is 53.0 Å². The van der Waals surface area contributed by atoms with Gasteiger partial charge in [0.1, 0.15) is 5.75 Å². The molecule has 0 spiro atoms. The summed E-state index contributed by atoms with van der Waals surface area (Å²) in [7, 11) is 1.69. The van der Waals surface area contributed by atoms with E-state index in [0.717, 1.165) is 64.1 Å². The van der Waals surface area contributed by atoms with E-state index in [4.69, 9.17) is 14.5 Å². The lowest BCUT2D eigenvalue weighted by Crippen LogP contribution is -2.40. The van der Waals surface area contributed by atoms with E-state index in [-0.39, 0.29) is 0 Å². The fourth-order valence-electron chi connectivity index (χ4n) is 3.21. The molecule has 29 heavy (non-hydrogen) atoms. The second-order valence-corrected chi connectivity index (χ2v) is 8.09. The van der Waals surface area contributed by atoms with Crippen LogP contribution in [0.2, 0.25) is 0 Å². The van der Waals surface area contributed by atoms with Crippen LogP contribution in [0.15, 0.2) is 41.4 Å². The number of nitrogens with one attached hydrogen (secondary N) is 2. The van der Waals surface area contributed by atoms with Gasteiger partial charge in [-0.3, -0.25) is 4.90 Å². The van der Waals surface area contributed by atoms with E-state index in [9.17, 15) is 0 Å². The minimum Gasteiger partial charge on any atom is -0.497 e. The predicted molar refractivity (Wildman–Crippen MR) is 121 cm³/mol. The van der Waals surface area contributed by atoms with Gasteiger partial charge in [0.25, 0.3) is 0 Å². The Morgan fingerprint density at radius 2 is 1.93 bits per heavy atom. The zero-order valence-corrected chi connectivity index (χ0v) is 18.3.